The number of carbonyl (C=O) groups is 1. The van der Waals surface area contributed by atoms with E-state index >= 15 is 0 Å². The lowest BCUT2D eigenvalue weighted by atomic mass is 10.0. The molecule has 1 aliphatic heterocycles. The molecule has 2 aromatic carbocycles. The minimum atomic E-state index is -0.421. The van der Waals surface area contributed by atoms with Crippen LogP contribution in [0.2, 0.25) is 0 Å². The number of amides is 1. The minimum absolute atomic E-state index is 0.0504. The molecule has 4 rings (SSSR count). The molecule has 1 saturated heterocycles. The molecule has 8 nitrogen and oxygen atoms in total. The number of carbonyl (C=O) groups excluding carboxylic acids is 1. The summed E-state index contributed by atoms with van der Waals surface area (Å²) in [5, 5.41) is 14.8. The normalized spacial score (nSPS) is 14.0. The van der Waals surface area contributed by atoms with E-state index in [-0.39, 0.29) is 5.57 Å². The van der Waals surface area contributed by atoms with Gasteiger partial charge >= 0.3 is 0 Å². The van der Waals surface area contributed by atoms with Gasteiger partial charge in [-0.05, 0) is 72.0 Å². The van der Waals surface area contributed by atoms with Crippen LogP contribution in [0.1, 0.15) is 25.0 Å². The molecule has 0 aliphatic carbocycles. The summed E-state index contributed by atoms with van der Waals surface area (Å²) in [6.07, 6.45) is 5.46. The molecular weight excluding hydrogens is 492 g/mol. The highest BCUT2D eigenvalue weighted by Crippen LogP contribution is 2.30. The van der Waals surface area contributed by atoms with Crippen LogP contribution in [-0.4, -0.2) is 70.3 Å². The largest absolute Gasteiger partial charge is 0.382 e. The summed E-state index contributed by atoms with van der Waals surface area (Å²) in [7, 11) is 3.57. The second-order valence-electron chi connectivity index (χ2n) is 9.64. The first-order chi connectivity index (χ1) is 19.1. The van der Waals surface area contributed by atoms with Crippen molar-refractivity contribution in [2.75, 3.05) is 64.7 Å². The van der Waals surface area contributed by atoms with Crippen molar-refractivity contribution >= 4 is 28.4 Å². The predicted octanol–water partition coefficient (Wildman–Crippen LogP) is 4.54. The maximum atomic E-state index is 12.6. The number of fused-ring (bicyclic) bond motifs is 1. The van der Waals surface area contributed by atoms with Crippen LogP contribution in [0.25, 0.3) is 28.1 Å². The molecule has 1 amide bonds. The van der Waals surface area contributed by atoms with E-state index in [4.69, 9.17) is 14.2 Å². The first-order valence-electron chi connectivity index (χ1n) is 13.6. The average molecular weight is 531 g/mol. The molecule has 0 radical (unpaired) electrons. The van der Waals surface area contributed by atoms with Crippen molar-refractivity contribution in [3.63, 3.8) is 0 Å². The van der Waals surface area contributed by atoms with Crippen molar-refractivity contribution < 1.29 is 19.0 Å². The van der Waals surface area contributed by atoms with Gasteiger partial charge in [-0.25, -0.2) is 0 Å². The van der Waals surface area contributed by atoms with Crippen LogP contribution in [0.4, 0.5) is 5.69 Å². The monoisotopic (exact) mass is 530 g/mol. The Balaban J connectivity index is 1.36. The number of hydrogen-bond donors (Lipinski definition) is 1. The van der Waals surface area contributed by atoms with Gasteiger partial charge in [0.2, 0.25) is 0 Å². The number of nitrogens with one attached hydrogen (secondary N) is 1. The first-order valence-corrected chi connectivity index (χ1v) is 13.6. The number of hydrogen-bond acceptors (Lipinski definition) is 6. The number of rotatable bonds is 13. The fourth-order valence-electron chi connectivity index (χ4n) is 4.80. The van der Waals surface area contributed by atoms with E-state index in [1.54, 1.807) is 13.2 Å². The fraction of sp³-hybridized carbons (Fsp3) is 0.419. The summed E-state index contributed by atoms with van der Waals surface area (Å²) in [4.78, 5) is 15.0. The molecular formula is C31H38N4O4. The Hall–Kier alpha value is -3.64. The average Bonchev–Trinajstić information content (AvgIpc) is 3.34. The van der Waals surface area contributed by atoms with Gasteiger partial charge in [0, 0.05) is 50.9 Å². The Labute approximate surface area is 230 Å². The quantitative estimate of drug-likeness (QED) is 0.198. The van der Waals surface area contributed by atoms with Crippen LogP contribution in [0.5, 0.6) is 0 Å². The standard InChI is InChI=1S/C31H38N4O4/c1-34-28(22-27(23-32)31(36)33-12-15-38-18-19-39-17-16-37-2)10-11-30(34)26-7-6-25-21-29(9-8-24(25)20-26)35-13-4-3-5-14-35/h6-11,20-22H,3-5,12-19H2,1-2H3,(H,33,36). The molecule has 39 heavy (non-hydrogen) atoms. The highest BCUT2D eigenvalue weighted by molar-refractivity contribution is 6.01. The lowest BCUT2D eigenvalue weighted by Crippen LogP contribution is -2.29. The summed E-state index contributed by atoms with van der Waals surface area (Å²) in [5.41, 5.74) is 4.22. The van der Waals surface area contributed by atoms with Gasteiger partial charge in [-0.3, -0.25) is 4.79 Å². The third kappa shape index (κ3) is 7.70. The highest BCUT2D eigenvalue weighted by atomic mass is 16.5. The van der Waals surface area contributed by atoms with E-state index in [0.717, 1.165) is 30.0 Å². The summed E-state index contributed by atoms with van der Waals surface area (Å²) < 4.78 is 17.7. The lowest BCUT2D eigenvalue weighted by molar-refractivity contribution is -0.117. The number of ether oxygens (including phenoxy) is 3. The number of methoxy groups -OCH3 is 1. The predicted molar refractivity (Wildman–Crippen MR) is 155 cm³/mol. The van der Waals surface area contributed by atoms with E-state index in [1.165, 1.54) is 35.7 Å². The summed E-state index contributed by atoms with van der Waals surface area (Å²) in [5.74, 6) is -0.421. The maximum Gasteiger partial charge on any atom is 0.262 e. The van der Waals surface area contributed by atoms with E-state index in [9.17, 15) is 10.1 Å². The molecule has 0 atom stereocenters. The Kier molecular flexibility index (Phi) is 10.5. The lowest BCUT2D eigenvalue weighted by Gasteiger charge is -2.29. The van der Waals surface area contributed by atoms with E-state index in [0.29, 0.717) is 39.6 Å². The zero-order valence-corrected chi connectivity index (χ0v) is 22.9. The molecule has 8 heteroatoms. The van der Waals surface area contributed by atoms with Gasteiger partial charge in [0.05, 0.1) is 33.0 Å². The number of piperidine rings is 1. The molecule has 0 saturated carbocycles. The van der Waals surface area contributed by atoms with Crippen molar-refractivity contribution in [3.05, 3.63) is 59.8 Å². The number of anilines is 1. The molecule has 0 unspecified atom stereocenters. The van der Waals surface area contributed by atoms with Gasteiger partial charge in [-0.15, -0.1) is 0 Å². The van der Waals surface area contributed by atoms with Crippen LogP contribution >= 0.6 is 0 Å². The van der Waals surface area contributed by atoms with Gasteiger partial charge in [-0.1, -0.05) is 18.2 Å². The third-order valence-electron chi connectivity index (χ3n) is 6.99. The molecule has 1 fully saturated rings. The van der Waals surface area contributed by atoms with Crippen molar-refractivity contribution in [2.24, 2.45) is 7.05 Å². The highest BCUT2D eigenvalue weighted by Gasteiger charge is 2.14. The minimum Gasteiger partial charge on any atom is -0.382 e. The Morgan fingerprint density at radius 3 is 2.44 bits per heavy atom. The van der Waals surface area contributed by atoms with Crippen LogP contribution in [0.15, 0.2) is 54.1 Å². The van der Waals surface area contributed by atoms with Crippen LogP contribution in [0, 0.1) is 11.3 Å². The second-order valence-corrected chi connectivity index (χ2v) is 9.64. The molecule has 0 spiro atoms. The SMILES string of the molecule is COCCOCCOCCNC(=O)C(C#N)=Cc1ccc(-c2ccc3cc(N4CCCCC4)ccc3c2)n1C. The smallest absolute Gasteiger partial charge is 0.262 e. The molecule has 1 aromatic heterocycles. The maximum absolute atomic E-state index is 12.6. The molecule has 1 aliphatic rings. The zero-order valence-electron chi connectivity index (χ0n) is 22.9. The number of aromatic nitrogens is 1. The molecule has 2 heterocycles. The van der Waals surface area contributed by atoms with Gasteiger partial charge in [0.15, 0.2) is 0 Å². The summed E-state index contributed by atoms with van der Waals surface area (Å²) in [6, 6.07) is 19.2. The Morgan fingerprint density at radius 1 is 0.949 bits per heavy atom. The van der Waals surface area contributed by atoms with E-state index < -0.39 is 5.91 Å². The number of nitrogens with zero attached hydrogens (tertiary/aromatic N) is 3. The zero-order chi connectivity index (χ0) is 27.5. The Morgan fingerprint density at radius 2 is 1.67 bits per heavy atom. The van der Waals surface area contributed by atoms with Crippen LogP contribution < -0.4 is 10.2 Å². The van der Waals surface area contributed by atoms with Crippen molar-refractivity contribution in [3.8, 4) is 17.3 Å². The van der Waals surface area contributed by atoms with Gasteiger partial charge < -0.3 is 29.0 Å². The van der Waals surface area contributed by atoms with E-state index in [2.05, 4.69) is 46.6 Å². The number of nitriles is 1. The third-order valence-corrected chi connectivity index (χ3v) is 6.99. The summed E-state index contributed by atoms with van der Waals surface area (Å²) >= 11 is 0. The van der Waals surface area contributed by atoms with Gasteiger partial charge in [0.1, 0.15) is 11.6 Å². The fourth-order valence-corrected chi connectivity index (χ4v) is 4.80. The Bertz CT molecular complexity index is 1320. The van der Waals surface area contributed by atoms with Crippen molar-refractivity contribution in [1.29, 1.82) is 5.26 Å². The van der Waals surface area contributed by atoms with Crippen LogP contribution in [0.3, 0.4) is 0 Å². The van der Waals surface area contributed by atoms with Crippen molar-refractivity contribution in [2.45, 2.75) is 19.3 Å². The molecule has 1 N–H and O–H groups in total. The van der Waals surface area contributed by atoms with Gasteiger partial charge in [0.25, 0.3) is 5.91 Å². The summed E-state index contributed by atoms with van der Waals surface area (Å²) in [6.45, 7) is 4.88. The topological polar surface area (TPSA) is 88.8 Å². The van der Waals surface area contributed by atoms with Crippen molar-refractivity contribution in [1.82, 2.24) is 9.88 Å². The first kappa shape index (κ1) is 28.4. The molecule has 3 aromatic rings. The van der Waals surface area contributed by atoms with Crippen LogP contribution in [-0.2, 0) is 26.1 Å². The molecule has 206 valence electrons. The van der Waals surface area contributed by atoms with E-state index in [1.807, 2.05) is 29.8 Å². The molecule has 0 bridgehead atoms. The second kappa shape index (κ2) is 14.5. The van der Waals surface area contributed by atoms with Gasteiger partial charge in [-0.2, -0.15) is 5.26 Å². The number of benzene rings is 2.